The predicted octanol–water partition coefficient (Wildman–Crippen LogP) is 3.85. The summed E-state index contributed by atoms with van der Waals surface area (Å²) < 4.78 is 55.9. The van der Waals surface area contributed by atoms with Crippen molar-refractivity contribution in [2.24, 2.45) is 5.92 Å². The Morgan fingerprint density at radius 1 is 0.871 bits per heavy atom. The lowest BCUT2D eigenvalue weighted by Gasteiger charge is -2.29. The van der Waals surface area contributed by atoms with Gasteiger partial charge in [0.1, 0.15) is 0 Å². The highest BCUT2D eigenvalue weighted by Gasteiger charge is 2.38. The molecule has 0 spiro atoms. The van der Waals surface area contributed by atoms with E-state index >= 15 is 0 Å². The van der Waals surface area contributed by atoms with Gasteiger partial charge in [0.25, 0.3) is 0 Å². The highest BCUT2D eigenvalue weighted by Crippen LogP contribution is 2.38. The van der Waals surface area contributed by atoms with Crippen LogP contribution in [0.5, 0.6) is 0 Å². The molecule has 31 heavy (non-hydrogen) atoms. The van der Waals surface area contributed by atoms with Crippen LogP contribution in [0.3, 0.4) is 0 Å². The van der Waals surface area contributed by atoms with Gasteiger partial charge in [0.2, 0.25) is 20.0 Å². The minimum atomic E-state index is -3.77. The number of nitrogens with zero attached hydrogens (tertiary/aromatic N) is 2. The first-order valence-corrected chi connectivity index (χ1v) is 13.8. The molecule has 1 saturated carbocycles. The molecular formula is C23H30N2O4S2. The van der Waals surface area contributed by atoms with E-state index in [0.717, 1.165) is 37.7 Å². The molecule has 8 heteroatoms. The Balaban J connectivity index is 1.61. The third-order valence-electron chi connectivity index (χ3n) is 6.32. The van der Waals surface area contributed by atoms with Crippen molar-refractivity contribution in [3.63, 3.8) is 0 Å². The Kier molecular flexibility index (Phi) is 6.53. The highest BCUT2D eigenvalue weighted by atomic mass is 32.2. The first-order valence-electron chi connectivity index (χ1n) is 11.0. The summed E-state index contributed by atoms with van der Waals surface area (Å²) in [7, 11) is -7.35. The largest absolute Gasteiger partial charge is 0.243 e. The minimum Gasteiger partial charge on any atom is -0.207 e. The van der Waals surface area contributed by atoms with Crippen LogP contribution < -0.4 is 0 Å². The Hall–Kier alpha value is -1.74. The molecule has 4 rings (SSSR count). The van der Waals surface area contributed by atoms with E-state index in [1.807, 2.05) is 37.3 Å². The van der Waals surface area contributed by atoms with Gasteiger partial charge in [0, 0.05) is 25.7 Å². The molecule has 0 bridgehead atoms. The zero-order chi connectivity index (χ0) is 22.1. The third kappa shape index (κ3) is 4.87. The maximum atomic E-state index is 13.5. The summed E-state index contributed by atoms with van der Waals surface area (Å²) >= 11 is 0. The fraction of sp³-hybridized carbons (Fsp3) is 0.478. The molecule has 0 aromatic heterocycles. The highest BCUT2D eigenvalue weighted by molar-refractivity contribution is 7.89. The van der Waals surface area contributed by atoms with Gasteiger partial charge in [-0.1, -0.05) is 36.8 Å². The van der Waals surface area contributed by atoms with Crippen molar-refractivity contribution in [1.82, 2.24) is 8.61 Å². The minimum absolute atomic E-state index is 0.109. The molecule has 0 amide bonds. The van der Waals surface area contributed by atoms with Crippen molar-refractivity contribution in [1.29, 1.82) is 0 Å². The second-order valence-corrected chi connectivity index (χ2v) is 12.4. The fourth-order valence-corrected chi connectivity index (χ4v) is 7.40. The van der Waals surface area contributed by atoms with Crippen LogP contribution >= 0.6 is 0 Å². The van der Waals surface area contributed by atoms with Gasteiger partial charge in [-0.05, 0) is 68.4 Å². The summed E-state index contributed by atoms with van der Waals surface area (Å²) in [5.74, 6) is 0.372. The summed E-state index contributed by atoms with van der Waals surface area (Å²) in [6.07, 6.45) is 4.84. The average Bonchev–Trinajstić information content (AvgIpc) is 3.64. The van der Waals surface area contributed by atoms with Gasteiger partial charge in [-0.3, -0.25) is 0 Å². The van der Waals surface area contributed by atoms with Crippen LogP contribution in [0, 0.1) is 5.92 Å². The van der Waals surface area contributed by atoms with Gasteiger partial charge in [0.05, 0.1) is 9.79 Å². The molecule has 2 fully saturated rings. The smallest absolute Gasteiger partial charge is 0.207 e. The van der Waals surface area contributed by atoms with Crippen molar-refractivity contribution < 1.29 is 16.8 Å². The Morgan fingerprint density at radius 3 is 2.03 bits per heavy atom. The van der Waals surface area contributed by atoms with Crippen LogP contribution in [0.4, 0.5) is 0 Å². The zero-order valence-corrected chi connectivity index (χ0v) is 19.5. The number of benzene rings is 2. The van der Waals surface area contributed by atoms with Crippen LogP contribution in [-0.2, 0) is 26.6 Å². The maximum Gasteiger partial charge on any atom is 0.243 e. The summed E-state index contributed by atoms with van der Waals surface area (Å²) in [4.78, 5) is 0.284. The topological polar surface area (TPSA) is 74.8 Å². The molecule has 168 valence electrons. The first-order chi connectivity index (χ1) is 14.8. The summed E-state index contributed by atoms with van der Waals surface area (Å²) in [5.41, 5.74) is 0.933. The van der Waals surface area contributed by atoms with E-state index < -0.39 is 20.0 Å². The van der Waals surface area contributed by atoms with Crippen molar-refractivity contribution in [3.8, 4) is 0 Å². The van der Waals surface area contributed by atoms with E-state index in [2.05, 4.69) is 0 Å². The molecule has 1 heterocycles. The molecule has 0 N–H and O–H groups in total. The Labute approximate surface area is 186 Å². The standard InChI is InChI=1S/C23H30N2O4S2/c1-19(21-10-11-21)25(18-20-8-4-2-5-9-20)31(28,29)23-14-12-22(13-15-23)30(26,27)24-16-6-3-7-17-24/h2,4-5,8-9,12-15,19,21H,3,6-7,10-11,16-18H2,1H3. The zero-order valence-electron chi connectivity index (χ0n) is 17.9. The van der Waals surface area contributed by atoms with Crippen LogP contribution in [0.15, 0.2) is 64.4 Å². The van der Waals surface area contributed by atoms with Gasteiger partial charge in [-0.25, -0.2) is 16.8 Å². The number of piperidine rings is 1. The lowest BCUT2D eigenvalue weighted by molar-refractivity contribution is 0.303. The van der Waals surface area contributed by atoms with Crippen LogP contribution in [0.2, 0.25) is 0 Å². The SMILES string of the molecule is CC(C1CC1)N(Cc1ccccc1)S(=O)(=O)c1ccc(S(=O)(=O)N2CCCCC2)cc1. The second-order valence-electron chi connectivity index (χ2n) is 8.55. The molecule has 2 aromatic rings. The predicted molar refractivity (Wildman–Crippen MR) is 120 cm³/mol. The molecule has 1 atom stereocenters. The van der Waals surface area contributed by atoms with Crippen molar-refractivity contribution in [2.75, 3.05) is 13.1 Å². The maximum absolute atomic E-state index is 13.5. The quantitative estimate of drug-likeness (QED) is 0.597. The van der Waals surface area contributed by atoms with Crippen LogP contribution in [0.25, 0.3) is 0 Å². The first kappa shape index (κ1) is 22.5. The summed E-state index contributed by atoms with van der Waals surface area (Å²) in [6, 6.07) is 15.2. The van der Waals surface area contributed by atoms with Crippen LogP contribution in [0.1, 0.15) is 44.6 Å². The third-order valence-corrected chi connectivity index (χ3v) is 10.2. The van der Waals surface area contributed by atoms with Crippen molar-refractivity contribution >= 4 is 20.0 Å². The van der Waals surface area contributed by atoms with Gasteiger partial charge in [-0.2, -0.15) is 8.61 Å². The monoisotopic (exact) mass is 462 g/mol. The number of hydrogen-bond donors (Lipinski definition) is 0. The van der Waals surface area contributed by atoms with E-state index in [9.17, 15) is 16.8 Å². The Morgan fingerprint density at radius 2 is 1.45 bits per heavy atom. The van der Waals surface area contributed by atoms with Gasteiger partial charge >= 0.3 is 0 Å². The molecule has 2 aliphatic rings. The second kappa shape index (κ2) is 9.02. The molecule has 6 nitrogen and oxygen atoms in total. The lowest BCUT2D eigenvalue weighted by Crippen LogP contribution is -2.39. The summed E-state index contributed by atoms with van der Waals surface area (Å²) in [5, 5.41) is 0. The lowest BCUT2D eigenvalue weighted by atomic mass is 10.2. The fourth-order valence-electron chi connectivity index (χ4n) is 4.20. The van der Waals surface area contributed by atoms with E-state index in [-0.39, 0.29) is 15.8 Å². The Bertz CT molecular complexity index is 1090. The average molecular weight is 463 g/mol. The van der Waals surface area contributed by atoms with E-state index in [4.69, 9.17) is 0 Å². The number of rotatable bonds is 8. The van der Waals surface area contributed by atoms with Gasteiger partial charge in [0.15, 0.2) is 0 Å². The van der Waals surface area contributed by atoms with Crippen molar-refractivity contribution in [2.45, 2.75) is 61.4 Å². The molecule has 0 radical (unpaired) electrons. The number of hydrogen-bond acceptors (Lipinski definition) is 4. The van der Waals surface area contributed by atoms with Gasteiger partial charge < -0.3 is 0 Å². The normalized spacial score (nSPS) is 19.4. The van der Waals surface area contributed by atoms with Crippen molar-refractivity contribution in [3.05, 3.63) is 60.2 Å². The van der Waals surface area contributed by atoms with E-state index in [1.54, 1.807) is 4.31 Å². The molecule has 1 saturated heterocycles. The van der Waals surface area contributed by atoms with Gasteiger partial charge in [-0.15, -0.1) is 0 Å². The molecule has 1 aliphatic heterocycles. The molecular weight excluding hydrogens is 432 g/mol. The summed E-state index contributed by atoms with van der Waals surface area (Å²) in [6.45, 7) is 3.31. The molecule has 1 unspecified atom stereocenters. The molecule has 1 aliphatic carbocycles. The van der Waals surface area contributed by atoms with E-state index in [1.165, 1.54) is 28.6 Å². The number of sulfonamides is 2. The molecule has 2 aromatic carbocycles. The van der Waals surface area contributed by atoms with E-state index in [0.29, 0.717) is 25.6 Å². The van der Waals surface area contributed by atoms with Crippen LogP contribution in [-0.4, -0.2) is 44.6 Å².